The summed E-state index contributed by atoms with van der Waals surface area (Å²) >= 11 is 0. The molecule has 1 aliphatic rings. The Morgan fingerprint density at radius 3 is 2.06 bits per heavy atom. The average molecular weight is 460 g/mol. The van der Waals surface area contributed by atoms with Crippen molar-refractivity contribution in [1.82, 2.24) is 15.1 Å². The zero-order valence-electron chi connectivity index (χ0n) is 23.1. The highest BCUT2D eigenvalue weighted by atomic mass is 16.2. The third kappa shape index (κ3) is 19.1. The minimum absolute atomic E-state index is 0.0400. The molecule has 0 heterocycles. The predicted molar refractivity (Wildman–Crippen MR) is 148 cm³/mol. The fraction of sp³-hybridized carbons (Fsp3) is 0.621. The summed E-state index contributed by atoms with van der Waals surface area (Å²) < 4.78 is 0. The van der Waals surface area contributed by atoms with Gasteiger partial charge in [-0.1, -0.05) is 76.8 Å². The fourth-order valence-electron chi connectivity index (χ4n) is 2.94. The van der Waals surface area contributed by atoms with Crippen LogP contribution in [0.15, 0.2) is 60.9 Å². The Morgan fingerprint density at radius 2 is 1.67 bits per heavy atom. The average Bonchev–Trinajstić information content (AvgIpc) is 3.62. The van der Waals surface area contributed by atoms with E-state index in [1.54, 1.807) is 12.3 Å². The van der Waals surface area contributed by atoms with Crippen LogP contribution in [0.3, 0.4) is 0 Å². The molecule has 2 amide bonds. The van der Waals surface area contributed by atoms with Crippen molar-refractivity contribution in [3.05, 3.63) is 60.9 Å². The van der Waals surface area contributed by atoms with Crippen molar-refractivity contribution in [3.63, 3.8) is 0 Å². The monoisotopic (exact) mass is 459 g/mol. The van der Waals surface area contributed by atoms with E-state index in [9.17, 15) is 4.79 Å². The third-order valence-electron chi connectivity index (χ3n) is 4.86. The molecule has 1 fully saturated rings. The summed E-state index contributed by atoms with van der Waals surface area (Å²) in [6, 6.07) is 0.748. The van der Waals surface area contributed by atoms with Gasteiger partial charge >= 0.3 is 6.03 Å². The first-order chi connectivity index (χ1) is 15.7. The van der Waals surface area contributed by atoms with Gasteiger partial charge in [-0.15, -0.1) is 0 Å². The van der Waals surface area contributed by atoms with Crippen LogP contribution < -0.4 is 5.32 Å². The third-order valence-corrected chi connectivity index (χ3v) is 4.86. The van der Waals surface area contributed by atoms with Gasteiger partial charge in [-0.2, -0.15) is 0 Å². The normalized spacial score (nSPS) is 14.8. The second-order valence-corrected chi connectivity index (χ2v) is 9.03. The van der Waals surface area contributed by atoms with Crippen molar-refractivity contribution < 1.29 is 4.79 Å². The molecule has 1 N–H and O–H groups in total. The summed E-state index contributed by atoms with van der Waals surface area (Å²) in [6.07, 6.45) is 19.8. The molecule has 0 aliphatic heterocycles. The Kier molecular flexibility index (Phi) is 21.8. The van der Waals surface area contributed by atoms with E-state index in [4.69, 9.17) is 0 Å². The number of likely N-dealkylation sites (N-methyl/N-ethyl adjacent to an activating group) is 1. The maximum absolute atomic E-state index is 12.5. The van der Waals surface area contributed by atoms with E-state index in [-0.39, 0.29) is 12.1 Å². The summed E-state index contributed by atoms with van der Waals surface area (Å²) in [6.45, 7) is 22.2. The molecule has 0 radical (unpaired) electrons. The molecule has 190 valence electrons. The van der Waals surface area contributed by atoms with Gasteiger partial charge in [-0.25, -0.2) is 4.79 Å². The maximum atomic E-state index is 12.5. The van der Waals surface area contributed by atoms with Gasteiger partial charge < -0.3 is 15.1 Å². The molecular formula is C29H53N3O. The van der Waals surface area contributed by atoms with Crippen LogP contribution in [0.1, 0.15) is 81.1 Å². The number of amides is 2. The first-order valence-electron chi connectivity index (χ1n) is 12.6. The number of carbonyl (C=O) groups is 1. The summed E-state index contributed by atoms with van der Waals surface area (Å²) in [7, 11) is 2.14. The zero-order chi connectivity index (χ0) is 25.6. The lowest BCUT2D eigenvalue weighted by atomic mass is 10.1. The van der Waals surface area contributed by atoms with Gasteiger partial charge in [0.2, 0.25) is 0 Å². The number of nitrogens with one attached hydrogen (secondary N) is 1. The zero-order valence-corrected chi connectivity index (χ0v) is 23.1. The predicted octanol–water partition coefficient (Wildman–Crippen LogP) is 7.73. The van der Waals surface area contributed by atoms with Gasteiger partial charge in [0.1, 0.15) is 0 Å². The minimum atomic E-state index is 0.0400. The van der Waals surface area contributed by atoms with Crippen LogP contribution in [0.25, 0.3) is 0 Å². The Hall–Kier alpha value is -2.07. The van der Waals surface area contributed by atoms with E-state index in [2.05, 4.69) is 75.5 Å². The van der Waals surface area contributed by atoms with Gasteiger partial charge in [0.25, 0.3) is 0 Å². The topological polar surface area (TPSA) is 35.6 Å². The number of hydrogen-bond donors (Lipinski definition) is 1. The molecule has 1 atom stereocenters. The highest BCUT2D eigenvalue weighted by molar-refractivity contribution is 5.76. The van der Waals surface area contributed by atoms with Gasteiger partial charge in [0.05, 0.1) is 0 Å². The number of allylic oxidation sites excluding steroid dienone is 6. The molecule has 0 aromatic carbocycles. The number of urea groups is 1. The number of rotatable bonds is 11. The first kappa shape index (κ1) is 33.1. The summed E-state index contributed by atoms with van der Waals surface area (Å²) in [5.41, 5.74) is 1.28. The van der Waals surface area contributed by atoms with Crippen LogP contribution in [-0.2, 0) is 0 Å². The van der Waals surface area contributed by atoms with Crippen LogP contribution in [0.2, 0.25) is 0 Å². The van der Waals surface area contributed by atoms with Crippen molar-refractivity contribution in [2.24, 2.45) is 5.92 Å². The van der Waals surface area contributed by atoms with Crippen molar-refractivity contribution in [2.75, 3.05) is 20.1 Å². The summed E-state index contributed by atoms with van der Waals surface area (Å²) in [5.74, 6) is 0.833. The first-order valence-corrected chi connectivity index (χ1v) is 12.6. The van der Waals surface area contributed by atoms with E-state index in [0.29, 0.717) is 6.04 Å². The Balaban J connectivity index is 0. The van der Waals surface area contributed by atoms with Crippen molar-refractivity contribution in [3.8, 4) is 0 Å². The molecule has 0 aromatic rings. The standard InChI is InChI=1S/C21H35N3O.C4H10.C4H8/c1-6-10-11-18(8-3)17-23(5)16-14-19(9-4)24(20-12-13-20)21(25)22-15-7-2;1-4(2)3;1-3-4-2/h6-8,10-11,15,19-20H,1,9,12-14,16-17H2,2-5H3,(H,22,25);4H,1-3H3;3-4H,1-2H3/b11-10-,15-7+,18-8+;;4-3-. The molecule has 4 nitrogen and oxygen atoms in total. The molecule has 0 spiro atoms. The molecular weight excluding hydrogens is 406 g/mol. The minimum Gasteiger partial charge on any atom is -0.319 e. The number of carbonyl (C=O) groups excluding carboxylic acids is 1. The van der Waals surface area contributed by atoms with Gasteiger partial charge in [-0.05, 0) is 71.9 Å². The highest BCUT2D eigenvalue weighted by Gasteiger charge is 2.36. The highest BCUT2D eigenvalue weighted by Crippen LogP contribution is 2.30. The quantitative estimate of drug-likeness (QED) is 0.253. The molecule has 4 heteroatoms. The summed E-state index contributed by atoms with van der Waals surface area (Å²) in [5, 5.41) is 2.89. The van der Waals surface area contributed by atoms with E-state index in [1.807, 2.05) is 45.1 Å². The molecule has 0 saturated heterocycles. The Bertz CT molecular complexity index is 606. The largest absolute Gasteiger partial charge is 0.321 e. The lowest BCUT2D eigenvalue weighted by molar-refractivity contribution is 0.160. The molecule has 1 aliphatic carbocycles. The molecule has 0 aromatic heterocycles. The maximum Gasteiger partial charge on any atom is 0.321 e. The Labute approximate surface area is 206 Å². The van der Waals surface area contributed by atoms with E-state index >= 15 is 0 Å². The molecule has 1 unspecified atom stereocenters. The molecule has 0 bridgehead atoms. The van der Waals surface area contributed by atoms with E-state index in [1.165, 1.54) is 5.57 Å². The smallest absolute Gasteiger partial charge is 0.319 e. The van der Waals surface area contributed by atoms with Gasteiger partial charge in [-0.3, -0.25) is 0 Å². The van der Waals surface area contributed by atoms with E-state index < -0.39 is 0 Å². The van der Waals surface area contributed by atoms with Crippen molar-refractivity contribution in [2.45, 2.75) is 93.2 Å². The van der Waals surface area contributed by atoms with Crippen LogP contribution in [0.5, 0.6) is 0 Å². The van der Waals surface area contributed by atoms with Crippen molar-refractivity contribution >= 4 is 6.03 Å². The van der Waals surface area contributed by atoms with Crippen LogP contribution in [0.4, 0.5) is 4.79 Å². The molecule has 1 rings (SSSR count). The SMILES string of the molecule is C/C=C\C.C=C/C=C\C(=C/C)CN(C)CCC(CC)N(C(=O)N/C=C/C)C1CC1.CC(C)C. The number of hydrogen-bond acceptors (Lipinski definition) is 2. The van der Waals surface area contributed by atoms with Crippen LogP contribution in [-0.4, -0.2) is 48.1 Å². The number of nitrogens with zero attached hydrogens (tertiary/aromatic N) is 2. The second-order valence-electron chi connectivity index (χ2n) is 9.03. The van der Waals surface area contributed by atoms with Gasteiger partial charge in [0.15, 0.2) is 0 Å². The van der Waals surface area contributed by atoms with Crippen molar-refractivity contribution in [1.29, 1.82) is 0 Å². The fourth-order valence-corrected chi connectivity index (χ4v) is 2.94. The summed E-state index contributed by atoms with van der Waals surface area (Å²) in [4.78, 5) is 16.9. The van der Waals surface area contributed by atoms with E-state index in [0.717, 1.165) is 44.7 Å². The Morgan fingerprint density at radius 1 is 1.09 bits per heavy atom. The molecule has 1 saturated carbocycles. The lowest BCUT2D eigenvalue weighted by Gasteiger charge is -2.32. The lowest BCUT2D eigenvalue weighted by Crippen LogP contribution is -2.47. The van der Waals surface area contributed by atoms with Gasteiger partial charge in [0, 0.05) is 31.4 Å². The second kappa shape index (κ2) is 21.8. The van der Waals surface area contributed by atoms with Crippen LogP contribution in [0, 0.1) is 5.92 Å². The molecule has 33 heavy (non-hydrogen) atoms. The van der Waals surface area contributed by atoms with Crippen LogP contribution >= 0.6 is 0 Å².